The zero-order chi connectivity index (χ0) is 21.3. The monoisotopic (exact) mass is 418 g/mol. The van der Waals surface area contributed by atoms with Crippen LogP contribution in [0.3, 0.4) is 0 Å². The summed E-state index contributed by atoms with van der Waals surface area (Å²) in [6.45, 7) is 9.95. The molecule has 5 rings (SSSR count). The highest BCUT2D eigenvalue weighted by Gasteiger charge is 2.61. The summed E-state index contributed by atoms with van der Waals surface area (Å²) in [5.41, 5.74) is 0.445. The van der Waals surface area contributed by atoms with Crippen molar-refractivity contribution in [3.05, 3.63) is 0 Å². The topological polar surface area (TPSA) is 64.0 Å². The minimum absolute atomic E-state index is 0.104. The molecule has 0 aromatic carbocycles. The minimum Gasteiger partial charge on any atom is -0.393 e. The number of aliphatic hydroxyl groups is 2. The van der Waals surface area contributed by atoms with E-state index >= 15 is 0 Å². The smallest absolute Gasteiger partial charge is 0.219 e. The molecule has 1 amide bonds. The fourth-order valence-corrected chi connectivity index (χ4v) is 8.99. The highest BCUT2D eigenvalue weighted by Crippen LogP contribution is 2.66. The zero-order valence-electron chi connectivity index (χ0n) is 19.2. The van der Waals surface area contributed by atoms with Gasteiger partial charge in [0.25, 0.3) is 0 Å². The molecule has 5 heteroatoms. The van der Waals surface area contributed by atoms with Gasteiger partial charge < -0.3 is 15.1 Å². The van der Waals surface area contributed by atoms with Gasteiger partial charge in [-0.05, 0) is 85.9 Å². The first-order valence-electron chi connectivity index (χ1n) is 12.6. The van der Waals surface area contributed by atoms with E-state index in [0.29, 0.717) is 17.3 Å². The van der Waals surface area contributed by atoms with Crippen molar-refractivity contribution in [2.45, 2.75) is 90.4 Å². The molecule has 0 spiro atoms. The standard InChI is InChI=1S/C25H42N2O3/c1-16(28)26-10-12-27(13-11-26)21-15-25(3)17(14-22(21)29)4-5-18-19-6-7-23(30)24(19,2)9-8-20(18)25/h17-23,29-30H,4-15H2,1-3H3/t17-,18-,19-,20-,21-,22-,23-,24-,25-/m0/s1. The van der Waals surface area contributed by atoms with Gasteiger partial charge in [0.2, 0.25) is 5.91 Å². The highest BCUT2D eigenvalue weighted by atomic mass is 16.3. The highest BCUT2D eigenvalue weighted by molar-refractivity contribution is 5.73. The van der Waals surface area contributed by atoms with Crippen LogP contribution in [0.2, 0.25) is 0 Å². The van der Waals surface area contributed by atoms with Crippen molar-refractivity contribution in [3.8, 4) is 0 Å². The first kappa shape index (κ1) is 21.2. The number of rotatable bonds is 1. The van der Waals surface area contributed by atoms with E-state index in [1.54, 1.807) is 6.92 Å². The molecule has 5 fully saturated rings. The molecule has 0 unspecified atom stereocenters. The Hall–Kier alpha value is -0.650. The lowest BCUT2D eigenvalue weighted by atomic mass is 9.44. The Labute approximate surface area is 182 Å². The summed E-state index contributed by atoms with van der Waals surface area (Å²) in [5, 5.41) is 21.8. The second-order valence-electron chi connectivity index (χ2n) is 11.9. The van der Waals surface area contributed by atoms with Crippen molar-refractivity contribution in [1.82, 2.24) is 9.80 Å². The van der Waals surface area contributed by atoms with Crippen LogP contribution < -0.4 is 0 Å². The van der Waals surface area contributed by atoms with Gasteiger partial charge in [-0.3, -0.25) is 9.69 Å². The third-order valence-electron chi connectivity index (χ3n) is 10.9. The fourth-order valence-electron chi connectivity index (χ4n) is 8.99. The number of carbonyl (C=O) groups excluding carboxylic acids is 1. The van der Waals surface area contributed by atoms with Crippen molar-refractivity contribution >= 4 is 5.91 Å². The molecule has 9 atom stereocenters. The van der Waals surface area contributed by atoms with Gasteiger partial charge in [0.05, 0.1) is 12.2 Å². The number of aliphatic hydroxyl groups excluding tert-OH is 2. The van der Waals surface area contributed by atoms with Crippen LogP contribution in [-0.2, 0) is 4.79 Å². The average Bonchev–Trinajstić information content (AvgIpc) is 3.03. The van der Waals surface area contributed by atoms with E-state index < -0.39 is 0 Å². The Balaban J connectivity index is 1.35. The van der Waals surface area contributed by atoms with Gasteiger partial charge in [-0.25, -0.2) is 0 Å². The van der Waals surface area contributed by atoms with Crippen molar-refractivity contribution < 1.29 is 15.0 Å². The van der Waals surface area contributed by atoms with Gasteiger partial charge in [0.1, 0.15) is 0 Å². The summed E-state index contributed by atoms with van der Waals surface area (Å²) < 4.78 is 0. The first-order chi connectivity index (χ1) is 14.2. The maximum absolute atomic E-state index is 11.7. The number of hydrogen-bond acceptors (Lipinski definition) is 4. The Morgan fingerprint density at radius 3 is 2.30 bits per heavy atom. The van der Waals surface area contributed by atoms with Gasteiger partial charge in [-0.2, -0.15) is 0 Å². The van der Waals surface area contributed by atoms with E-state index in [1.165, 1.54) is 32.1 Å². The molecule has 1 aliphatic heterocycles. The molecule has 0 bridgehead atoms. The van der Waals surface area contributed by atoms with Crippen LogP contribution in [0.5, 0.6) is 0 Å². The molecule has 0 radical (unpaired) electrons. The second kappa shape index (κ2) is 7.45. The lowest BCUT2D eigenvalue weighted by Crippen LogP contribution is -2.62. The van der Waals surface area contributed by atoms with Gasteiger partial charge in [-0.15, -0.1) is 0 Å². The Bertz CT molecular complexity index is 677. The molecule has 5 aliphatic rings. The van der Waals surface area contributed by atoms with Crippen molar-refractivity contribution in [1.29, 1.82) is 0 Å². The number of carbonyl (C=O) groups is 1. The first-order valence-corrected chi connectivity index (χ1v) is 12.6. The molecule has 5 nitrogen and oxygen atoms in total. The summed E-state index contributed by atoms with van der Waals surface area (Å²) >= 11 is 0. The number of nitrogens with zero attached hydrogens (tertiary/aromatic N) is 2. The van der Waals surface area contributed by atoms with Crippen molar-refractivity contribution in [2.75, 3.05) is 26.2 Å². The summed E-state index contributed by atoms with van der Waals surface area (Å²) in [6.07, 6.45) is 8.89. The van der Waals surface area contributed by atoms with Gasteiger partial charge in [0, 0.05) is 39.1 Å². The largest absolute Gasteiger partial charge is 0.393 e. The minimum atomic E-state index is -0.231. The van der Waals surface area contributed by atoms with Crippen LogP contribution in [0, 0.1) is 34.5 Å². The summed E-state index contributed by atoms with van der Waals surface area (Å²) in [4.78, 5) is 16.2. The van der Waals surface area contributed by atoms with Gasteiger partial charge >= 0.3 is 0 Å². The normalized spacial score (nSPS) is 51.8. The van der Waals surface area contributed by atoms with E-state index in [-0.39, 0.29) is 29.6 Å². The SMILES string of the molecule is CC(=O)N1CCN([C@H]2C[C@@]3(C)[C@@H](CC[C@@H]4[C@@H]3CC[C@]3(C)[C@@H](O)CC[C@@H]43)C[C@@H]2O)CC1. The molecule has 0 aromatic rings. The fraction of sp³-hybridized carbons (Fsp3) is 0.960. The molecule has 30 heavy (non-hydrogen) atoms. The molecule has 170 valence electrons. The molecule has 4 saturated carbocycles. The molecular weight excluding hydrogens is 376 g/mol. The van der Waals surface area contributed by atoms with E-state index in [1.807, 2.05) is 4.90 Å². The van der Waals surface area contributed by atoms with E-state index in [4.69, 9.17) is 0 Å². The number of fused-ring (bicyclic) bond motifs is 5. The molecule has 2 N–H and O–H groups in total. The van der Waals surface area contributed by atoms with Crippen LogP contribution in [0.25, 0.3) is 0 Å². The Kier molecular flexibility index (Phi) is 5.27. The number of hydrogen-bond donors (Lipinski definition) is 2. The zero-order valence-corrected chi connectivity index (χ0v) is 19.2. The van der Waals surface area contributed by atoms with Crippen LogP contribution >= 0.6 is 0 Å². The maximum atomic E-state index is 11.7. The second-order valence-corrected chi connectivity index (χ2v) is 11.9. The van der Waals surface area contributed by atoms with Crippen LogP contribution in [0.15, 0.2) is 0 Å². The third kappa shape index (κ3) is 3.09. The van der Waals surface area contributed by atoms with Crippen molar-refractivity contribution in [2.24, 2.45) is 34.5 Å². The molecule has 0 aromatic heterocycles. The van der Waals surface area contributed by atoms with E-state index in [0.717, 1.165) is 57.3 Å². The Morgan fingerprint density at radius 1 is 0.900 bits per heavy atom. The van der Waals surface area contributed by atoms with E-state index in [9.17, 15) is 15.0 Å². The van der Waals surface area contributed by atoms with E-state index in [2.05, 4.69) is 18.7 Å². The number of piperazine rings is 1. The summed E-state index contributed by atoms with van der Waals surface area (Å²) in [7, 11) is 0. The van der Waals surface area contributed by atoms with Crippen LogP contribution in [0.1, 0.15) is 72.1 Å². The third-order valence-corrected chi connectivity index (χ3v) is 10.9. The molecular formula is C25H42N2O3. The summed E-state index contributed by atoms with van der Waals surface area (Å²) in [6, 6.07) is 0.238. The predicted octanol–water partition coefficient (Wildman–Crippen LogP) is 2.89. The van der Waals surface area contributed by atoms with Crippen LogP contribution in [-0.4, -0.2) is 70.3 Å². The molecule has 1 heterocycles. The van der Waals surface area contributed by atoms with Crippen LogP contribution in [0.4, 0.5) is 0 Å². The quantitative estimate of drug-likeness (QED) is 0.687. The maximum Gasteiger partial charge on any atom is 0.219 e. The summed E-state index contributed by atoms with van der Waals surface area (Å²) in [5.74, 6) is 3.00. The van der Waals surface area contributed by atoms with Gasteiger partial charge in [0.15, 0.2) is 0 Å². The van der Waals surface area contributed by atoms with Crippen molar-refractivity contribution in [3.63, 3.8) is 0 Å². The Morgan fingerprint density at radius 2 is 1.60 bits per heavy atom. The lowest BCUT2D eigenvalue weighted by Gasteiger charge is -2.62. The lowest BCUT2D eigenvalue weighted by molar-refractivity contribution is -0.156. The van der Waals surface area contributed by atoms with Gasteiger partial charge in [-0.1, -0.05) is 13.8 Å². The molecule has 1 saturated heterocycles. The number of amides is 1. The average molecular weight is 419 g/mol. The molecule has 4 aliphatic carbocycles. The predicted molar refractivity (Wildman–Crippen MR) is 117 cm³/mol.